The molecule has 12 heteroatoms. The van der Waals surface area contributed by atoms with Crippen molar-refractivity contribution in [1.82, 2.24) is 18.8 Å². The summed E-state index contributed by atoms with van der Waals surface area (Å²) in [6.45, 7) is 12.1. The number of hydrogen-bond donors (Lipinski definition) is 2. The van der Waals surface area contributed by atoms with Crippen LogP contribution in [0.1, 0.15) is 27.7 Å². The minimum Gasteiger partial charge on any atom is -0.372 e. The molecule has 0 bridgehead atoms. The molecule has 2 aromatic carbocycles. The number of imidazole rings is 2. The summed E-state index contributed by atoms with van der Waals surface area (Å²) in [4.78, 5) is 40.9. The van der Waals surface area contributed by atoms with Crippen LogP contribution in [-0.2, 0) is 0 Å². The topological polar surface area (TPSA) is 99.3 Å². The van der Waals surface area contributed by atoms with Crippen molar-refractivity contribution in [3.8, 4) is 0 Å². The second kappa shape index (κ2) is 11.5. The van der Waals surface area contributed by atoms with Gasteiger partial charge in [0.1, 0.15) is 9.21 Å². The number of rotatable bonds is 10. The Morgan fingerprint density at radius 2 is 0.950 bits per heavy atom. The van der Waals surface area contributed by atoms with E-state index in [1.54, 1.807) is 0 Å². The van der Waals surface area contributed by atoms with Crippen molar-refractivity contribution in [1.29, 1.82) is 0 Å². The van der Waals surface area contributed by atoms with Crippen molar-refractivity contribution in [3.05, 3.63) is 78.4 Å². The fourth-order valence-electron chi connectivity index (χ4n) is 4.88. The molecule has 208 valence electrons. The third-order valence-corrected chi connectivity index (χ3v) is 8.09. The van der Waals surface area contributed by atoms with Crippen LogP contribution < -0.4 is 31.6 Å². The molecule has 0 aliphatic rings. The van der Waals surface area contributed by atoms with E-state index >= 15 is 0 Å². The van der Waals surface area contributed by atoms with Crippen molar-refractivity contribution in [2.75, 3.05) is 46.6 Å². The molecule has 10 nitrogen and oxygen atoms in total. The van der Waals surface area contributed by atoms with Crippen LogP contribution in [0.15, 0.2) is 67.3 Å². The third kappa shape index (κ3) is 4.90. The molecule has 0 spiro atoms. The highest BCUT2D eigenvalue weighted by Gasteiger charge is 2.24. The summed E-state index contributed by atoms with van der Waals surface area (Å²) >= 11 is 6.79. The van der Waals surface area contributed by atoms with Gasteiger partial charge in [-0.15, -0.1) is 0 Å². The van der Waals surface area contributed by atoms with Crippen molar-refractivity contribution < 1.29 is 0 Å². The van der Waals surface area contributed by atoms with Crippen molar-refractivity contribution in [2.45, 2.75) is 27.7 Å². The van der Waals surface area contributed by atoms with E-state index < -0.39 is 11.1 Å². The first kappa shape index (κ1) is 27.9. The second-order valence-corrected chi connectivity index (χ2v) is 10.6. The third-order valence-electron chi connectivity index (χ3n) is 6.99. The van der Waals surface area contributed by atoms with Crippen molar-refractivity contribution in [2.24, 2.45) is 0 Å². The van der Waals surface area contributed by atoms with E-state index in [0.29, 0.717) is 0 Å². The largest absolute Gasteiger partial charge is 0.372 e. The van der Waals surface area contributed by atoms with E-state index in [2.05, 4.69) is 90.0 Å². The number of fused-ring (bicyclic) bond motifs is 2. The van der Waals surface area contributed by atoms with Crippen LogP contribution in [0.3, 0.4) is 0 Å². The summed E-state index contributed by atoms with van der Waals surface area (Å²) in [6, 6.07) is 15.7. The summed E-state index contributed by atoms with van der Waals surface area (Å²) in [5.74, 6) is 0.466. The predicted molar refractivity (Wildman–Crippen MR) is 170 cm³/mol. The van der Waals surface area contributed by atoms with Crippen LogP contribution in [-0.4, -0.2) is 44.9 Å². The van der Waals surface area contributed by atoms with Gasteiger partial charge in [0.2, 0.25) is 11.9 Å². The van der Waals surface area contributed by atoms with Gasteiger partial charge in [-0.3, -0.25) is 9.59 Å². The Kier molecular flexibility index (Phi) is 7.99. The van der Waals surface area contributed by atoms with Gasteiger partial charge in [0.15, 0.2) is 11.0 Å². The zero-order valence-corrected chi connectivity index (χ0v) is 25.9. The summed E-state index contributed by atoms with van der Waals surface area (Å²) in [6.07, 6.45) is 0. The average molecular weight is 670 g/mol. The Labute approximate surface area is 248 Å². The summed E-state index contributed by atoms with van der Waals surface area (Å²) in [7, 11) is 0. The first-order valence-electron chi connectivity index (χ1n) is 13.2. The standard InChI is InChI=1S/C28H30Br2N8O2/c1-5-35(6-2)19-13-9-17(10-14-19)31-27-33-23(29)21-26(40)38-22(25(39)37(21)27)24(30)34-28(38)32-18-11-15-20(16-12-18)36(7-3)8-4/h9-16H,5-8H2,1-4H3,(H,31,33)(H,32,34). The molecule has 0 aliphatic carbocycles. The number of nitrogens with zero attached hydrogens (tertiary/aromatic N) is 6. The molecule has 0 saturated carbocycles. The van der Waals surface area contributed by atoms with Crippen LogP contribution in [0.25, 0.3) is 11.0 Å². The lowest BCUT2D eigenvalue weighted by Gasteiger charge is -2.21. The van der Waals surface area contributed by atoms with Gasteiger partial charge in [0.25, 0.3) is 11.1 Å². The number of aromatic nitrogens is 4. The number of nitrogens with one attached hydrogen (secondary N) is 2. The van der Waals surface area contributed by atoms with Gasteiger partial charge in [0, 0.05) is 48.9 Å². The molecule has 0 fully saturated rings. The van der Waals surface area contributed by atoms with E-state index in [4.69, 9.17) is 0 Å². The van der Waals surface area contributed by atoms with Crippen LogP contribution in [0.4, 0.5) is 34.6 Å². The smallest absolute Gasteiger partial charge is 0.285 e. The molecule has 0 radical (unpaired) electrons. The maximum atomic E-state index is 13.8. The van der Waals surface area contributed by atoms with E-state index in [9.17, 15) is 9.59 Å². The zero-order chi connectivity index (χ0) is 28.6. The minimum atomic E-state index is -0.431. The first-order valence-corrected chi connectivity index (χ1v) is 14.8. The van der Waals surface area contributed by atoms with Crippen LogP contribution >= 0.6 is 31.9 Å². The molecule has 5 rings (SSSR count). The molecule has 0 aliphatic heterocycles. The lowest BCUT2D eigenvalue weighted by molar-refractivity contribution is 0.866. The summed E-state index contributed by atoms with van der Waals surface area (Å²) in [5, 5.41) is 6.39. The number of benzene rings is 2. The molecule has 0 amide bonds. The molecule has 0 atom stereocenters. The highest BCUT2D eigenvalue weighted by molar-refractivity contribution is 9.10. The molecule has 5 aromatic rings. The van der Waals surface area contributed by atoms with Gasteiger partial charge in [-0.2, -0.15) is 0 Å². The number of halogens is 2. The highest BCUT2D eigenvalue weighted by atomic mass is 79.9. The van der Waals surface area contributed by atoms with Gasteiger partial charge in [0.05, 0.1) is 0 Å². The van der Waals surface area contributed by atoms with Gasteiger partial charge in [-0.25, -0.2) is 18.8 Å². The lowest BCUT2D eigenvalue weighted by atomic mass is 10.2. The Bertz CT molecular complexity index is 1630. The normalized spacial score (nSPS) is 11.3. The number of anilines is 6. The first-order chi connectivity index (χ1) is 19.3. The van der Waals surface area contributed by atoms with Crippen molar-refractivity contribution >= 4 is 77.5 Å². The van der Waals surface area contributed by atoms with Crippen LogP contribution in [0.5, 0.6) is 0 Å². The van der Waals surface area contributed by atoms with E-state index in [1.165, 1.54) is 8.80 Å². The fourth-order valence-corrected chi connectivity index (χ4v) is 5.91. The highest BCUT2D eigenvalue weighted by Crippen LogP contribution is 2.27. The number of hydrogen-bond acceptors (Lipinski definition) is 8. The van der Waals surface area contributed by atoms with Gasteiger partial charge < -0.3 is 20.4 Å². The van der Waals surface area contributed by atoms with E-state index in [-0.39, 0.29) is 32.1 Å². The molecular formula is C28H30Br2N8O2. The zero-order valence-electron chi connectivity index (χ0n) is 22.7. The summed E-state index contributed by atoms with van der Waals surface area (Å²) < 4.78 is 3.10. The molecule has 2 N–H and O–H groups in total. The monoisotopic (exact) mass is 668 g/mol. The maximum absolute atomic E-state index is 13.8. The minimum absolute atomic E-state index is 0.115. The summed E-state index contributed by atoms with van der Waals surface area (Å²) in [5.41, 5.74) is 3.05. The second-order valence-electron chi connectivity index (χ2n) is 9.12. The SMILES string of the molecule is CCN(CC)c1ccc(Nc2nc(Br)c3c(=O)n4c(Nc5ccc(N(CC)CC)cc5)nc(Br)c4c(=O)n23)cc1. The van der Waals surface area contributed by atoms with E-state index in [0.717, 1.165) is 48.9 Å². The Morgan fingerprint density at radius 1 is 0.625 bits per heavy atom. The van der Waals surface area contributed by atoms with Gasteiger partial charge in [-0.05, 0) is 108 Å². The molecule has 3 heterocycles. The predicted octanol–water partition coefficient (Wildman–Crippen LogP) is 5.84. The lowest BCUT2D eigenvalue weighted by Crippen LogP contribution is -2.27. The van der Waals surface area contributed by atoms with Crippen LogP contribution in [0, 0.1) is 0 Å². The maximum Gasteiger partial charge on any atom is 0.285 e. The molecule has 40 heavy (non-hydrogen) atoms. The quantitative estimate of drug-likeness (QED) is 0.191. The van der Waals surface area contributed by atoms with Crippen LogP contribution in [0.2, 0.25) is 0 Å². The van der Waals surface area contributed by atoms with Crippen molar-refractivity contribution in [3.63, 3.8) is 0 Å². The molecule has 3 aromatic heterocycles. The molecular weight excluding hydrogens is 640 g/mol. The Balaban J connectivity index is 1.54. The van der Waals surface area contributed by atoms with Gasteiger partial charge in [-0.1, -0.05) is 0 Å². The Hall–Kier alpha value is -3.64. The average Bonchev–Trinajstić information content (AvgIpc) is 3.46. The molecule has 0 unspecified atom stereocenters. The van der Waals surface area contributed by atoms with E-state index in [1.807, 2.05) is 48.5 Å². The fraction of sp³-hybridized carbons (Fsp3) is 0.286. The molecule has 0 saturated heterocycles. The Morgan fingerprint density at radius 3 is 1.25 bits per heavy atom. The van der Waals surface area contributed by atoms with Gasteiger partial charge >= 0.3 is 0 Å².